The van der Waals surface area contributed by atoms with Gasteiger partial charge in [0, 0.05) is 25.8 Å². The summed E-state index contributed by atoms with van der Waals surface area (Å²) in [5, 5.41) is 7.34. The van der Waals surface area contributed by atoms with Crippen LogP contribution in [0.1, 0.15) is 22.6 Å². The van der Waals surface area contributed by atoms with Crippen LogP contribution in [0.2, 0.25) is 0 Å². The third kappa shape index (κ3) is 3.79. The van der Waals surface area contributed by atoms with Crippen molar-refractivity contribution in [1.82, 2.24) is 15.1 Å². The van der Waals surface area contributed by atoms with Gasteiger partial charge >= 0.3 is 0 Å². The summed E-state index contributed by atoms with van der Waals surface area (Å²) in [6, 6.07) is 18.6. The number of rotatable bonds is 3. The lowest BCUT2D eigenvalue weighted by molar-refractivity contribution is -0.120. The van der Waals surface area contributed by atoms with Crippen molar-refractivity contribution in [2.24, 2.45) is 0 Å². The van der Waals surface area contributed by atoms with Gasteiger partial charge in [-0.1, -0.05) is 30.3 Å². The minimum absolute atomic E-state index is 0.0707. The van der Waals surface area contributed by atoms with E-state index < -0.39 is 6.04 Å². The van der Waals surface area contributed by atoms with Crippen molar-refractivity contribution < 1.29 is 14.3 Å². The highest BCUT2D eigenvalue weighted by atomic mass is 16.5. The first-order valence-electron chi connectivity index (χ1n) is 10.8. The summed E-state index contributed by atoms with van der Waals surface area (Å²) >= 11 is 0. The maximum atomic E-state index is 13.0. The molecule has 0 saturated carbocycles. The smallest absolute Gasteiger partial charge is 0.272 e. The zero-order chi connectivity index (χ0) is 22.1. The fourth-order valence-corrected chi connectivity index (χ4v) is 4.22. The number of likely N-dealkylation sites (N-methyl/N-ethyl adjacent to an activating group) is 1. The number of hydrogen-bond donors (Lipinski definition) is 1. The molecule has 1 atom stereocenters. The van der Waals surface area contributed by atoms with Gasteiger partial charge in [0.1, 0.15) is 18.4 Å². The largest absolute Gasteiger partial charge is 0.489 e. The van der Waals surface area contributed by atoms with Crippen molar-refractivity contribution in [3.63, 3.8) is 0 Å². The minimum atomic E-state index is -0.790. The monoisotopic (exact) mass is 431 g/mol. The molecule has 0 radical (unpaired) electrons. The highest BCUT2D eigenvalue weighted by molar-refractivity contribution is 6.02. The Morgan fingerprint density at radius 1 is 1.09 bits per heavy atom. The fraction of sp³-hybridized carbons (Fsp3) is 0.292. The molecule has 0 aliphatic carbocycles. The van der Waals surface area contributed by atoms with E-state index in [9.17, 15) is 9.59 Å². The summed E-state index contributed by atoms with van der Waals surface area (Å²) < 4.78 is 7.68. The van der Waals surface area contributed by atoms with Crippen LogP contribution in [0.4, 0.5) is 11.4 Å². The number of aryl methyl sites for hydroxylation is 1. The summed E-state index contributed by atoms with van der Waals surface area (Å²) in [5.41, 5.74) is 3.12. The Kier molecular flexibility index (Phi) is 5.26. The molecule has 2 aliphatic rings. The highest BCUT2D eigenvalue weighted by Gasteiger charge is 2.31. The average molecular weight is 431 g/mol. The molecule has 32 heavy (non-hydrogen) atoms. The summed E-state index contributed by atoms with van der Waals surface area (Å²) in [4.78, 5) is 29.7. The number of carbonyl (C=O) groups excluding carboxylic acids is 2. The van der Waals surface area contributed by atoms with Crippen molar-refractivity contribution in [3.8, 4) is 5.75 Å². The molecule has 8 heteroatoms. The summed E-state index contributed by atoms with van der Waals surface area (Å²) in [7, 11) is 1.69. The Bertz CT molecular complexity index is 1140. The Balaban J connectivity index is 1.31. The Morgan fingerprint density at radius 3 is 2.72 bits per heavy atom. The quantitative estimate of drug-likeness (QED) is 0.689. The van der Waals surface area contributed by atoms with Gasteiger partial charge in [-0.2, -0.15) is 5.10 Å². The number of fused-ring (bicyclic) bond motifs is 2. The van der Waals surface area contributed by atoms with Crippen molar-refractivity contribution in [2.75, 3.05) is 30.0 Å². The minimum Gasteiger partial charge on any atom is -0.489 e. The van der Waals surface area contributed by atoms with E-state index in [2.05, 4.69) is 27.4 Å². The lowest BCUT2D eigenvalue weighted by Gasteiger charge is -2.22. The maximum Gasteiger partial charge on any atom is 0.272 e. The van der Waals surface area contributed by atoms with Gasteiger partial charge in [-0.25, -0.2) is 0 Å². The zero-order valence-electron chi connectivity index (χ0n) is 17.9. The third-order valence-electron chi connectivity index (χ3n) is 5.93. The lowest BCUT2D eigenvalue weighted by Crippen LogP contribution is -2.49. The molecule has 2 amide bonds. The standard InChI is InChI=1S/C24H25N5O3/c1-27-21-10-5-6-11-22(21)32-16-20(24(27)31)25-23(30)19-14-18-15-28(12-7-13-29(18)26-19)17-8-3-2-4-9-17/h2-6,8-11,14,20H,7,12-13,15-16H2,1H3,(H,25,30). The van der Waals surface area contributed by atoms with Crippen molar-refractivity contribution in [3.05, 3.63) is 72.1 Å². The molecule has 1 aromatic heterocycles. The van der Waals surface area contributed by atoms with E-state index in [-0.39, 0.29) is 18.4 Å². The molecule has 0 fully saturated rings. The number of para-hydroxylation sites is 3. The van der Waals surface area contributed by atoms with Crippen LogP contribution in [0.25, 0.3) is 0 Å². The van der Waals surface area contributed by atoms with Crippen LogP contribution in [0.15, 0.2) is 60.7 Å². The SMILES string of the molecule is CN1C(=O)C(NC(=O)c2cc3n(n2)CCCN(c2ccccc2)C3)COc2ccccc21. The molecule has 1 unspecified atom stereocenters. The number of benzene rings is 2. The van der Waals surface area contributed by atoms with Gasteiger partial charge < -0.3 is 19.9 Å². The second kappa shape index (κ2) is 8.37. The molecular weight excluding hydrogens is 406 g/mol. The van der Waals surface area contributed by atoms with Crippen LogP contribution < -0.4 is 19.9 Å². The van der Waals surface area contributed by atoms with Crippen LogP contribution in [-0.4, -0.2) is 47.8 Å². The first-order chi connectivity index (χ1) is 15.6. The highest BCUT2D eigenvalue weighted by Crippen LogP contribution is 2.30. The second-order valence-corrected chi connectivity index (χ2v) is 8.06. The summed E-state index contributed by atoms with van der Waals surface area (Å²) in [6.45, 7) is 2.42. The van der Waals surface area contributed by atoms with Crippen molar-refractivity contribution >= 4 is 23.2 Å². The number of nitrogens with zero attached hydrogens (tertiary/aromatic N) is 4. The first kappa shape index (κ1) is 20.1. The molecule has 2 aliphatic heterocycles. The summed E-state index contributed by atoms with van der Waals surface area (Å²) in [5.74, 6) is 0.0206. The molecule has 164 valence electrons. The van der Waals surface area contributed by atoms with Gasteiger partial charge in [0.15, 0.2) is 5.69 Å². The fourth-order valence-electron chi connectivity index (χ4n) is 4.22. The Hall–Kier alpha value is -3.81. The Morgan fingerprint density at radius 2 is 1.88 bits per heavy atom. The van der Waals surface area contributed by atoms with E-state index in [4.69, 9.17) is 4.74 Å². The molecule has 2 aromatic carbocycles. The number of ether oxygens (including phenoxy) is 1. The molecule has 8 nitrogen and oxygen atoms in total. The zero-order valence-corrected chi connectivity index (χ0v) is 17.9. The van der Waals surface area contributed by atoms with Crippen LogP contribution in [0.5, 0.6) is 5.75 Å². The second-order valence-electron chi connectivity index (χ2n) is 8.06. The predicted molar refractivity (Wildman–Crippen MR) is 121 cm³/mol. The summed E-state index contributed by atoms with van der Waals surface area (Å²) in [6.07, 6.45) is 0.933. The van der Waals surface area contributed by atoms with Gasteiger partial charge in [-0.05, 0) is 36.8 Å². The number of hydrogen-bond acceptors (Lipinski definition) is 5. The number of anilines is 2. The molecular formula is C24H25N5O3. The molecule has 0 spiro atoms. The predicted octanol–water partition coefficient (Wildman–Crippen LogP) is 2.45. The van der Waals surface area contributed by atoms with Crippen LogP contribution in [0.3, 0.4) is 0 Å². The third-order valence-corrected chi connectivity index (χ3v) is 5.93. The lowest BCUT2D eigenvalue weighted by atomic mass is 10.2. The average Bonchev–Trinajstić information content (AvgIpc) is 3.06. The van der Waals surface area contributed by atoms with E-state index in [0.717, 1.165) is 30.9 Å². The maximum absolute atomic E-state index is 13.0. The number of amides is 2. The van der Waals surface area contributed by atoms with Crippen molar-refractivity contribution in [2.45, 2.75) is 25.6 Å². The molecule has 5 rings (SSSR count). The van der Waals surface area contributed by atoms with Gasteiger partial charge in [0.25, 0.3) is 11.8 Å². The van der Waals surface area contributed by atoms with Gasteiger partial charge in [0.2, 0.25) is 0 Å². The van der Waals surface area contributed by atoms with Gasteiger partial charge in [0.05, 0.1) is 17.9 Å². The van der Waals surface area contributed by atoms with E-state index in [1.165, 1.54) is 4.90 Å². The Labute approximate surface area is 186 Å². The van der Waals surface area contributed by atoms with Crippen LogP contribution >= 0.6 is 0 Å². The number of nitrogens with one attached hydrogen (secondary N) is 1. The van der Waals surface area contributed by atoms with Crippen LogP contribution in [-0.2, 0) is 17.9 Å². The number of carbonyl (C=O) groups is 2. The van der Waals surface area contributed by atoms with Crippen LogP contribution in [0, 0.1) is 0 Å². The van der Waals surface area contributed by atoms with E-state index in [0.29, 0.717) is 23.7 Å². The molecule has 0 saturated heterocycles. The molecule has 3 aromatic rings. The topological polar surface area (TPSA) is 79.7 Å². The van der Waals surface area contributed by atoms with E-state index >= 15 is 0 Å². The van der Waals surface area contributed by atoms with Gasteiger partial charge in [-0.15, -0.1) is 0 Å². The van der Waals surface area contributed by atoms with Crippen molar-refractivity contribution in [1.29, 1.82) is 0 Å². The molecule has 3 heterocycles. The first-order valence-corrected chi connectivity index (χ1v) is 10.8. The van der Waals surface area contributed by atoms with E-state index in [1.807, 2.05) is 53.2 Å². The normalized spacial score (nSPS) is 18.2. The van der Waals surface area contributed by atoms with Gasteiger partial charge in [-0.3, -0.25) is 14.3 Å². The molecule has 0 bridgehead atoms. The van der Waals surface area contributed by atoms with E-state index in [1.54, 1.807) is 7.05 Å². The number of aromatic nitrogens is 2. The molecule has 1 N–H and O–H groups in total.